The molecule has 0 fully saturated rings. The van der Waals surface area contributed by atoms with Crippen LogP contribution in [-0.2, 0) is 19.2 Å². The standard InChI is InChI=1S/C20H39N7O6S/c1-11(2)9-14(19(32)33)26-17(30)13(6-8-34-3)25-18(31)15(10-28)27-16(29)12(21)5-4-7-24-20(22)23/h11-15,28H,4-10,21H2,1-3H3,(H,25,31)(H,26,30)(H,27,29)(H,32,33)(H4,22,23,24). The first kappa shape index (κ1) is 31.4. The molecule has 4 atom stereocenters. The number of aliphatic hydroxyl groups excluding tert-OH is 1. The molecule has 3 amide bonds. The zero-order valence-electron chi connectivity index (χ0n) is 20.0. The molecule has 14 heteroatoms. The summed E-state index contributed by atoms with van der Waals surface area (Å²) in [5.41, 5.74) is 16.3. The number of carboxylic acids is 1. The number of nitrogens with two attached hydrogens (primary N) is 3. The van der Waals surface area contributed by atoms with Gasteiger partial charge in [0.15, 0.2) is 5.96 Å². The Morgan fingerprint density at radius 3 is 2.00 bits per heavy atom. The first-order chi connectivity index (χ1) is 15.9. The number of nitrogens with one attached hydrogen (secondary N) is 3. The van der Waals surface area contributed by atoms with Crippen LogP contribution >= 0.6 is 11.8 Å². The first-order valence-electron chi connectivity index (χ1n) is 11.0. The molecule has 0 rings (SSSR count). The van der Waals surface area contributed by atoms with Gasteiger partial charge in [-0.25, -0.2) is 4.79 Å². The number of hydrogen-bond acceptors (Lipinski definition) is 8. The van der Waals surface area contributed by atoms with E-state index in [1.54, 1.807) is 0 Å². The monoisotopic (exact) mass is 505 g/mol. The van der Waals surface area contributed by atoms with Crippen molar-refractivity contribution in [2.75, 3.05) is 25.2 Å². The number of rotatable bonds is 17. The number of thioether (sulfide) groups is 1. The molecule has 11 N–H and O–H groups in total. The highest BCUT2D eigenvalue weighted by atomic mass is 32.2. The number of carbonyl (C=O) groups excluding carboxylic acids is 3. The molecule has 0 aromatic carbocycles. The number of aliphatic imine (C=N–C) groups is 1. The summed E-state index contributed by atoms with van der Waals surface area (Å²) in [7, 11) is 0. The summed E-state index contributed by atoms with van der Waals surface area (Å²) >= 11 is 1.44. The molecule has 0 aromatic rings. The Morgan fingerprint density at radius 2 is 1.50 bits per heavy atom. The minimum absolute atomic E-state index is 0.0262. The number of guanidine groups is 1. The SMILES string of the molecule is CSCCC(NC(=O)C(CO)NC(=O)C(N)CCCN=C(N)N)C(=O)NC(CC(C)C)C(=O)O. The molecular weight excluding hydrogens is 466 g/mol. The van der Waals surface area contributed by atoms with Gasteiger partial charge in [-0.05, 0) is 43.6 Å². The number of nitrogens with zero attached hydrogens (tertiary/aromatic N) is 1. The zero-order valence-corrected chi connectivity index (χ0v) is 20.8. The average Bonchev–Trinajstić information content (AvgIpc) is 2.76. The highest BCUT2D eigenvalue weighted by molar-refractivity contribution is 7.98. The van der Waals surface area contributed by atoms with Gasteiger partial charge in [-0.15, -0.1) is 0 Å². The van der Waals surface area contributed by atoms with E-state index in [1.807, 2.05) is 20.1 Å². The second kappa shape index (κ2) is 16.9. The second-order valence-corrected chi connectivity index (χ2v) is 9.16. The van der Waals surface area contributed by atoms with E-state index in [0.717, 1.165) is 0 Å². The summed E-state index contributed by atoms with van der Waals surface area (Å²) < 4.78 is 0. The van der Waals surface area contributed by atoms with Gasteiger partial charge in [0.1, 0.15) is 18.1 Å². The Morgan fingerprint density at radius 1 is 0.941 bits per heavy atom. The maximum absolute atomic E-state index is 12.7. The number of amides is 3. The van der Waals surface area contributed by atoms with Gasteiger partial charge in [0, 0.05) is 6.54 Å². The zero-order chi connectivity index (χ0) is 26.3. The lowest BCUT2D eigenvalue weighted by Crippen LogP contribution is -2.58. The van der Waals surface area contributed by atoms with E-state index in [-0.39, 0.29) is 37.7 Å². The fourth-order valence-corrected chi connectivity index (χ4v) is 3.34. The lowest BCUT2D eigenvalue weighted by Gasteiger charge is -2.24. The molecule has 0 spiro atoms. The summed E-state index contributed by atoms with van der Waals surface area (Å²) in [6, 6.07) is -4.45. The Kier molecular flexibility index (Phi) is 15.7. The molecule has 0 saturated heterocycles. The highest BCUT2D eigenvalue weighted by Gasteiger charge is 2.30. The molecule has 34 heavy (non-hydrogen) atoms. The topological polar surface area (TPSA) is 235 Å². The van der Waals surface area contributed by atoms with Crippen LogP contribution in [0.15, 0.2) is 4.99 Å². The van der Waals surface area contributed by atoms with Gasteiger partial charge in [-0.1, -0.05) is 13.8 Å². The number of carboxylic acid groups (broad SMARTS) is 1. The quantitative estimate of drug-likeness (QED) is 0.0597. The van der Waals surface area contributed by atoms with Crippen LogP contribution < -0.4 is 33.2 Å². The van der Waals surface area contributed by atoms with Crippen LogP contribution in [0.1, 0.15) is 39.5 Å². The van der Waals surface area contributed by atoms with Gasteiger partial charge >= 0.3 is 5.97 Å². The fourth-order valence-electron chi connectivity index (χ4n) is 2.87. The molecule has 0 saturated carbocycles. The van der Waals surface area contributed by atoms with Crippen LogP contribution in [0.2, 0.25) is 0 Å². The fraction of sp³-hybridized carbons (Fsp3) is 0.750. The van der Waals surface area contributed by atoms with Crippen molar-refractivity contribution in [3.8, 4) is 0 Å². The van der Waals surface area contributed by atoms with Crippen LogP contribution in [0.5, 0.6) is 0 Å². The summed E-state index contributed by atoms with van der Waals surface area (Å²) in [4.78, 5) is 53.0. The molecule has 4 unspecified atom stereocenters. The smallest absolute Gasteiger partial charge is 0.326 e. The third-order valence-corrected chi connectivity index (χ3v) is 5.33. The molecule has 0 aliphatic carbocycles. The Labute approximate surface area is 204 Å². The predicted molar refractivity (Wildman–Crippen MR) is 131 cm³/mol. The van der Waals surface area contributed by atoms with Crippen LogP contribution in [0.3, 0.4) is 0 Å². The van der Waals surface area contributed by atoms with E-state index in [9.17, 15) is 29.4 Å². The van der Waals surface area contributed by atoms with Crippen molar-refractivity contribution >= 4 is 41.4 Å². The van der Waals surface area contributed by atoms with Crippen LogP contribution in [-0.4, -0.2) is 89.2 Å². The van der Waals surface area contributed by atoms with Crippen molar-refractivity contribution < 1.29 is 29.4 Å². The molecule has 0 bridgehead atoms. The van der Waals surface area contributed by atoms with Gasteiger partial charge in [-0.2, -0.15) is 11.8 Å². The molecular formula is C20H39N7O6S. The molecule has 0 aliphatic rings. The number of aliphatic carboxylic acids is 1. The summed E-state index contributed by atoms with van der Waals surface area (Å²) in [5, 5.41) is 26.3. The van der Waals surface area contributed by atoms with Crippen molar-refractivity contribution in [2.45, 2.75) is 63.7 Å². The van der Waals surface area contributed by atoms with Crippen LogP contribution in [0.4, 0.5) is 0 Å². The summed E-state index contributed by atoms with van der Waals surface area (Å²) in [6.45, 7) is 3.22. The Balaban J connectivity index is 5.10. The predicted octanol–water partition coefficient (Wildman–Crippen LogP) is -2.30. The molecule has 0 heterocycles. The second-order valence-electron chi connectivity index (χ2n) is 8.17. The minimum Gasteiger partial charge on any atom is -0.480 e. The maximum atomic E-state index is 12.7. The van der Waals surface area contributed by atoms with E-state index in [2.05, 4.69) is 20.9 Å². The molecule has 0 radical (unpaired) electrons. The normalized spacial score (nSPS) is 14.4. The van der Waals surface area contributed by atoms with Crippen LogP contribution in [0, 0.1) is 5.92 Å². The van der Waals surface area contributed by atoms with Gasteiger partial charge in [0.05, 0.1) is 12.6 Å². The van der Waals surface area contributed by atoms with E-state index in [0.29, 0.717) is 12.2 Å². The van der Waals surface area contributed by atoms with Crippen LogP contribution in [0.25, 0.3) is 0 Å². The number of aliphatic hydroxyl groups is 1. The van der Waals surface area contributed by atoms with Crippen molar-refractivity contribution in [3.63, 3.8) is 0 Å². The third kappa shape index (κ3) is 13.2. The van der Waals surface area contributed by atoms with E-state index >= 15 is 0 Å². The lowest BCUT2D eigenvalue weighted by atomic mass is 10.0. The van der Waals surface area contributed by atoms with Gasteiger partial charge in [0.2, 0.25) is 17.7 Å². The Hall–Kier alpha value is -2.58. The summed E-state index contributed by atoms with van der Waals surface area (Å²) in [5.74, 6) is -2.82. The van der Waals surface area contributed by atoms with Crippen molar-refractivity contribution in [1.82, 2.24) is 16.0 Å². The third-order valence-electron chi connectivity index (χ3n) is 4.69. The van der Waals surface area contributed by atoms with E-state index < -0.39 is 54.5 Å². The first-order valence-corrected chi connectivity index (χ1v) is 12.4. The van der Waals surface area contributed by atoms with Gasteiger partial charge in [-0.3, -0.25) is 19.4 Å². The van der Waals surface area contributed by atoms with Crippen molar-refractivity contribution in [3.05, 3.63) is 0 Å². The van der Waals surface area contributed by atoms with Crippen molar-refractivity contribution in [2.24, 2.45) is 28.1 Å². The summed E-state index contributed by atoms with van der Waals surface area (Å²) in [6.07, 6.45) is 2.94. The van der Waals surface area contributed by atoms with E-state index in [1.165, 1.54) is 11.8 Å². The van der Waals surface area contributed by atoms with Gasteiger partial charge < -0.3 is 43.4 Å². The largest absolute Gasteiger partial charge is 0.480 e. The van der Waals surface area contributed by atoms with E-state index in [4.69, 9.17) is 17.2 Å². The molecule has 13 nitrogen and oxygen atoms in total. The maximum Gasteiger partial charge on any atom is 0.326 e. The number of carbonyl (C=O) groups is 4. The molecule has 0 aliphatic heterocycles. The average molecular weight is 506 g/mol. The lowest BCUT2D eigenvalue weighted by molar-refractivity contribution is -0.142. The Bertz CT molecular complexity index is 703. The van der Waals surface area contributed by atoms with Crippen molar-refractivity contribution in [1.29, 1.82) is 0 Å². The minimum atomic E-state index is -1.34. The number of hydrogen-bond donors (Lipinski definition) is 8. The van der Waals surface area contributed by atoms with Gasteiger partial charge in [0.25, 0.3) is 0 Å². The molecule has 0 aromatic heterocycles. The highest BCUT2D eigenvalue weighted by Crippen LogP contribution is 2.07. The molecule has 196 valence electrons.